The highest BCUT2D eigenvalue weighted by Gasteiger charge is 2.33. The number of nitrogens with zero attached hydrogens (tertiary/aromatic N) is 1. The van der Waals surface area contributed by atoms with E-state index >= 15 is 0 Å². The first-order valence-electron chi connectivity index (χ1n) is 10.5. The Labute approximate surface area is 178 Å². The lowest BCUT2D eigenvalue weighted by Gasteiger charge is -2.41. The molecule has 30 heavy (non-hydrogen) atoms. The summed E-state index contributed by atoms with van der Waals surface area (Å²) >= 11 is 0. The minimum atomic E-state index is 0.366. The van der Waals surface area contributed by atoms with Crippen LogP contribution in [0.25, 0.3) is 0 Å². The molecule has 3 aromatic carbocycles. The lowest BCUT2D eigenvalue weighted by atomic mass is 9.84. The van der Waals surface area contributed by atoms with Crippen LogP contribution in [0.2, 0.25) is 0 Å². The second-order valence-electron chi connectivity index (χ2n) is 8.05. The fraction of sp³-hybridized carbons (Fsp3) is 0.308. The van der Waals surface area contributed by atoms with Gasteiger partial charge >= 0.3 is 0 Å². The number of hydrogen-bond acceptors (Lipinski definition) is 4. The van der Waals surface area contributed by atoms with Crippen molar-refractivity contribution in [3.8, 4) is 17.2 Å². The molecule has 1 unspecified atom stereocenters. The van der Waals surface area contributed by atoms with Gasteiger partial charge in [0.2, 0.25) is 0 Å². The van der Waals surface area contributed by atoms with Gasteiger partial charge in [0.1, 0.15) is 12.4 Å². The Morgan fingerprint density at radius 3 is 2.47 bits per heavy atom. The average molecular weight is 402 g/mol. The summed E-state index contributed by atoms with van der Waals surface area (Å²) in [6, 6.07) is 21.6. The molecule has 0 radical (unpaired) electrons. The van der Waals surface area contributed by atoms with E-state index in [1.807, 2.05) is 18.2 Å². The molecular formula is C26H27NO3. The number of benzene rings is 3. The molecule has 3 aromatic rings. The molecule has 0 N–H and O–H groups in total. The molecule has 0 aromatic heterocycles. The number of methoxy groups -OCH3 is 2. The second kappa shape index (κ2) is 8.04. The molecule has 2 heterocycles. The van der Waals surface area contributed by atoms with E-state index in [1.165, 1.54) is 27.8 Å². The first kappa shape index (κ1) is 19.0. The maximum atomic E-state index is 6.08. The number of hydrogen-bond donors (Lipinski definition) is 0. The topological polar surface area (TPSA) is 30.9 Å². The van der Waals surface area contributed by atoms with Crippen molar-refractivity contribution >= 4 is 0 Å². The molecule has 0 spiro atoms. The van der Waals surface area contributed by atoms with Crippen LogP contribution in [0.3, 0.4) is 0 Å². The Bertz CT molecular complexity index is 1050. The molecule has 0 amide bonds. The zero-order chi connectivity index (χ0) is 20.5. The quantitative estimate of drug-likeness (QED) is 0.606. The van der Waals surface area contributed by atoms with Crippen LogP contribution in [0.15, 0.2) is 60.7 Å². The summed E-state index contributed by atoms with van der Waals surface area (Å²) in [5, 5.41) is 0. The summed E-state index contributed by atoms with van der Waals surface area (Å²) in [4.78, 5) is 2.58. The highest BCUT2D eigenvalue weighted by atomic mass is 16.5. The van der Waals surface area contributed by atoms with Gasteiger partial charge in [-0.3, -0.25) is 4.90 Å². The van der Waals surface area contributed by atoms with Crippen molar-refractivity contribution in [2.45, 2.75) is 32.0 Å². The molecule has 154 valence electrons. The van der Waals surface area contributed by atoms with Gasteiger partial charge in [-0.25, -0.2) is 0 Å². The highest BCUT2D eigenvalue weighted by molar-refractivity contribution is 5.51. The molecule has 4 heteroatoms. The molecule has 4 nitrogen and oxygen atoms in total. The Balaban J connectivity index is 1.40. The summed E-state index contributed by atoms with van der Waals surface area (Å²) in [7, 11) is 3.41. The van der Waals surface area contributed by atoms with Crippen LogP contribution < -0.4 is 14.2 Å². The van der Waals surface area contributed by atoms with Crippen LogP contribution >= 0.6 is 0 Å². The summed E-state index contributed by atoms with van der Waals surface area (Å²) in [5.74, 6) is 2.57. The van der Waals surface area contributed by atoms with Gasteiger partial charge in [-0.15, -0.1) is 0 Å². The van der Waals surface area contributed by atoms with E-state index < -0.39 is 0 Å². The van der Waals surface area contributed by atoms with Crippen LogP contribution in [0.1, 0.15) is 33.9 Å². The maximum Gasteiger partial charge on any atom is 0.161 e. The van der Waals surface area contributed by atoms with Gasteiger partial charge in [0.15, 0.2) is 11.5 Å². The molecule has 2 aliphatic rings. The van der Waals surface area contributed by atoms with Gasteiger partial charge < -0.3 is 14.2 Å². The zero-order valence-corrected chi connectivity index (χ0v) is 17.6. The van der Waals surface area contributed by atoms with Crippen molar-refractivity contribution in [2.75, 3.05) is 20.8 Å². The number of ether oxygens (including phenoxy) is 3. The molecule has 0 saturated carbocycles. The number of rotatable bonds is 5. The molecule has 0 saturated heterocycles. The Kier molecular flexibility index (Phi) is 5.09. The molecular weight excluding hydrogens is 374 g/mol. The lowest BCUT2D eigenvalue weighted by Crippen LogP contribution is -2.39. The molecule has 0 bridgehead atoms. The van der Waals surface area contributed by atoms with E-state index in [4.69, 9.17) is 14.2 Å². The molecule has 0 aliphatic carbocycles. The van der Waals surface area contributed by atoms with Gasteiger partial charge in [0, 0.05) is 19.1 Å². The lowest BCUT2D eigenvalue weighted by molar-refractivity contribution is 0.160. The van der Waals surface area contributed by atoms with E-state index in [0.29, 0.717) is 12.6 Å². The van der Waals surface area contributed by atoms with Crippen molar-refractivity contribution in [3.63, 3.8) is 0 Å². The smallest absolute Gasteiger partial charge is 0.161 e. The predicted octanol–water partition coefficient (Wildman–Crippen LogP) is 4.94. The van der Waals surface area contributed by atoms with Crippen LogP contribution in [0, 0.1) is 0 Å². The molecule has 0 fully saturated rings. The standard InChI is InChI=1S/C26H27NO3/c1-28-25-14-19-10-11-27-16-20-8-9-22(30-17-18-6-4-3-5-7-18)12-21(20)13-24(27)23(19)15-26(25)29-2/h3-9,12,14-15,24H,10-11,13,16-17H2,1-2H3. The first-order chi connectivity index (χ1) is 14.7. The minimum Gasteiger partial charge on any atom is -0.493 e. The highest BCUT2D eigenvalue weighted by Crippen LogP contribution is 2.42. The Morgan fingerprint density at radius 2 is 1.67 bits per heavy atom. The summed E-state index contributed by atoms with van der Waals surface area (Å²) in [5.41, 5.74) is 6.70. The predicted molar refractivity (Wildman–Crippen MR) is 117 cm³/mol. The van der Waals surface area contributed by atoms with Crippen molar-refractivity contribution in [1.29, 1.82) is 0 Å². The maximum absolute atomic E-state index is 6.08. The average Bonchev–Trinajstić information content (AvgIpc) is 2.81. The van der Waals surface area contributed by atoms with Gasteiger partial charge in [0.25, 0.3) is 0 Å². The fourth-order valence-corrected chi connectivity index (χ4v) is 4.71. The Hall–Kier alpha value is -2.98. The van der Waals surface area contributed by atoms with Crippen LogP contribution in [0.5, 0.6) is 17.2 Å². The Morgan fingerprint density at radius 1 is 0.867 bits per heavy atom. The van der Waals surface area contributed by atoms with Crippen LogP contribution in [-0.4, -0.2) is 25.7 Å². The third kappa shape index (κ3) is 3.52. The van der Waals surface area contributed by atoms with Crippen molar-refractivity contribution in [2.24, 2.45) is 0 Å². The van der Waals surface area contributed by atoms with Gasteiger partial charge in [-0.05, 0) is 64.9 Å². The minimum absolute atomic E-state index is 0.366. The van der Waals surface area contributed by atoms with Gasteiger partial charge in [0.05, 0.1) is 14.2 Å². The fourth-order valence-electron chi connectivity index (χ4n) is 4.71. The first-order valence-corrected chi connectivity index (χ1v) is 10.5. The third-order valence-electron chi connectivity index (χ3n) is 6.33. The van der Waals surface area contributed by atoms with Crippen molar-refractivity contribution in [3.05, 3.63) is 88.5 Å². The normalized spacial score (nSPS) is 17.5. The SMILES string of the molecule is COc1cc2c(cc1OC)C1Cc3cc(OCc4ccccc4)ccc3CN1CC2. The van der Waals surface area contributed by atoms with E-state index in [-0.39, 0.29) is 0 Å². The molecule has 1 atom stereocenters. The second-order valence-corrected chi connectivity index (χ2v) is 8.05. The van der Waals surface area contributed by atoms with Crippen LogP contribution in [0.4, 0.5) is 0 Å². The monoisotopic (exact) mass is 401 g/mol. The molecule has 5 rings (SSSR count). The molecule has 2 aliphatic heterocycles. The number of fused-ring (bicyclic) bond motifs is 4. The van der Waals surface area contributed by atoms with Crippen LogP contribution in [-0.2, 0) is 26.0 Å². The third-order valence-corrected chi connectivity index (χ3v) is 6.33. The van der Waals surface area contributed by atoms with E-state index in [1.54, 1.807) is 14.2 Å². The van der Waals surface area contributed by atoms with Crippen molar-refractivity contribution in [1.82, 2.24) is 4.90 Å². The zero-order valence-electron chi connectivity index (χ0n) is 17.6. The van der Waals surface area contributed by atoms with Gasteiger partial charge in [-0.1, -0.05) is 36.4 Å². The summed E-state index contributed by atoms with van der Waals surface area (Å²) in [6.45, 7) is 2.64. The van der Waals surface area contributed by atoms with E-state index in [2.05, 4.69) is 47.4 Å². The van der Waals surface area contributed by atoms with E-state index in [9.17, 15) is 0 Å². The summed E-state index contributed by atoms with van der Waals surface area (Å²) < 4.78 is 17.2. The van der Waals surface area contributed by atoms with Gasteiger partial charge in [-0.2, -0.15) is 0 Å². The largest absolute Gasteiger partial charge is 0.493 e. The summed E-state index contributed by atoms with van der Waals surface area (Å²) in [6.07, 6.45) is 2.03. The van der Waals surface area contributed by atoms with Crippen molar-refractivity contribution < 1.29 is 14.2 Å². The van der Waals surface area contributed by atoms with E-state index in [0.717, 1.165) is 43.2 Å².